The number of amides is 2. The maximum absolute atomic E-state index is 12.0. The van der Waals surface area contributed by atoms with Crippen molar-refractivity contribution in [3.8, 4) is 5.75 Å². The lowest BCUT2D eigenvalue weighted by Gasteiger charge is -2.09. The van der Waals surface area contributed by atoms with Crippen LogP contribution in [0.1, 0.15) is 0 Å². The Morgan fingerprint density at radius 1 is 1.10 bits per heavy atom. The van der Waals surface area contributed by atoms with Crippen molar-refractivity contribution in [3.63, 3.8) is 0 Å². The number of benzene rings is 2. The number of para-hydroxylation sites is 4. The Hall–Kier alpha value is -3.02. The smallest absolute Gasteiger partial charge is 0.326 e. The molecule has 3 rings (SSSR count). The largest absolute Gasteiger partial charge is 0.495 e. The number of rotatable bonds is 3. The summed E-state index contributed by atoms with van der Waals surface area (Å²) in [6, 6.07) is 14.4. The first kappa shape index (κ1) is 13.0. The molecule has 0 unspecified atom stereocenters. The number of nitrogens with zero attached hydrogens (tertiary/aromatic N) is 1. The number of aromatic nitrogens is 2. The van der Waals surface area contributed by atoms with Crippen molar-refractivity contribution < 1.29 is 9.53 Å². The van der Waals surface area contributed by atoms with Crippen molar-refractivity contribution in [1.82, 2.24) is 9.97 Å². The number of anilines is 2. The van der Waals surface area contributed by atoms with E-state index < -0.39 is 6.03 Å². The van der Waals surface area contributed by atoms with Crippen LogP contribution in [0.25, 0.3) is 11.0 Å². The van der Waals surface area contributed by atoms with E-state index in [0.29, 0.717) is 17.4 Å². The Morgan fingerprint density at radius 2 is 1.86 bits per heavy atom. The molecule has 0 aliphatic heterocycles. The average molecular weight is 282 g/mol. The van der Waals surface area contributed by atoms with Crippen molar-refractivity contribution in [2.24, 2.45) is 0 Å². The van der Waals surface area contributed by atoms with Gasteiger partial charge in [-0.05, 0) is 24.3 Å². The molecule has 3 N–H and O–H groups in total. The molecule has 3 aromatic rings. The average Bonchev–Trinajstić information content (AvgIpc) is 2.89. The van der Waals surface area contributed by atoms with E-state index in [0.717, 1.165) is 11.0 Å². The molecular weight excluding hydrogens is 268 g/mol. The monoisotopic (exact) mass is 282 g/mol. The van der Waals surface area contributed by atoms with Gasteiger partial charge in [0.05, 0.1) is 23.8 Å². The third kappa shape index (κ3) is 2.79. The fraction of sp³-hybridized carbons (Fsp3) is 0.0667. The number of H-pyrrole nitrogens is 1. The van der Waals surface area contributed by atoms with E-state index in [1.54, 1.807) is 19.2 Å². The van der Waals surface area contributed by atoms with E-state index >= 15 is 0 Å². The number of methoxy groups -OCH3 is 1. The van der Waals surface area contributed by atoms with Crippen LogP contribution in [-0.2, 0) is 0 Å². The summed E-state index contributed by atoms with van der Waals surface area (Å²) in [5, 5.41) is 5.38. The number of aromatic amines is 1. The minimum atomic E-state index is -0.390. The van der Waals surface area contributed by atoms with Crippen molar-refractivity contribution in [2.75, 3.05) is 17.7 Å². The summed E-state index contributed by atoms with van der Waals surface area (Å²) in [7, 11) is 1.55. The van der Waals surface area contributed by atoms with Gasteiger partial charge in [-0.15, -0.1) is 0 Å². The van der Waals surface area contributed by atoms with Crippen molar-refractivity contribution in [1.29, 1.82) is 0 Å². The fourth-order valence-corrected chi connectivity index (χ4v) is 2.02. The van der Waals surface area contributed by atoms with Gasteiger partial charge in [0.25, 0.3) is 0 Å². The van der Waals surface area contributed by atoms with Gasteiger partial charge in [-0.3, -0.25) is 5.32 Å². The molecule has 0 atom stereocenters. The molecule has 0 aliphatic carbocycles. The number of fused-ring (bicyclic) bond motifs is 1. The Morgan fingerprint density at radius 3 is 2.67 bits per heavy atom. The normalized spacial score (nSPS) is 10.3. The second-order valence-electron chi connectivity index (χ2n) is 4.38. The van der Waals surface area contributed by atoms with E-state index in [2.05, 4.69) is 20.6 Å². The predicted molar refractivity (Wildman–Crippen MR) is 81.7 cm³/mol. The molecule has 2 aromatic carbocycles. The topological polar surface area (TPSA) is 79.0 Å². The van der Waals surface area contributed by atoms with Crippen molar-refractivity contribution in [3.05, 3.63) is 48.5 Å². The quantitative estimate of drug-likeness (QED) is 0.690. The molecule has 6 heteroatoms. The van der Waals surface area contributed by atoms with Crippen LogP contribution in [0, 0.1) is 0 Å². The van der Waals surface area contributed by atoms with Gasteiger partial charge in [-0.25, -0.2) is 9.78 Å². The first-order valence-corrected chi connectivity index (χ1v) is 6.42. The second kappa shape index (κ2) is 5.54. The van der Waals surface area contributed by atoms with Crippen LogP contribution < -0.4 is 15.4 Å². The van der Waals surface area contributed by atoms with E-state index in [1.165, 1.54) is 0 Å². The third-order valence-electron chi connectivity index (χ3n) is 2.98. The zero-order valence-electron chi connectivity index (χ0n) is 11.4. The molecule has 0 radical (unpaired) electrons. The van der Waals surface area contributed by atoms with Gasteiger partial charge in [0.2, 0.25) is 5.95 Å². The number of imidazole rings is 1. The summed E-state index contributed by atoms with van der Waals surface area (Å²) >= 11 is 0. The molecule has 106 valence electrons. The van der Waals surface area contributed by atoms with Gasteiger partial charge < -0.3 is 15.0 Å². The highest BCUT2D eigenvalue weighted by molar-refractivity contribution is 6.00. The highest BCUT2D eigenvalue weighted by Gasteiger charge is 2.09. The molecular formula is C15H14N4O2. The molecule has 0 saturated carbocycles. The van der Waals surface area contributed by atoms with Gasteiger partial charge in [-0.2, -0.15) is 0 Å². The van der Waals surface area contributed by atoms with Crippen LogP contribution >= 0.6 is 0 Å². The number of hydrogen-bond acceptors (Lipinski definition) is 3. The predicted octanol–water partition coefficient (Wildman–Crippen LogP) is 3.22. The van der Waals surface area contributed by atoms with E-state index in [4.69, 9.17) is 4.74 Å². The highest BCUT2D eigenvalue weighted by atomic mass is 16.5. The molecule has 0 spiro atoms. The van der Waals surface area contributed by atoms with Crippen LogP contribution in [0.15, 0.2) is 48.5 Å². The molecule has 1 aromatic heterocycles. The highest BCUT2D eigenvalue weighted by Crippen LogP contribution is 2.23. The number of carbonyl (C=O) groups excluding carboxylic acids is 1. The Balaban J connectivity index is 1.74. The van der Waals surface area contributed by atoms with Crippen molar-refractivity contribution >= 4 is 28.7 Å². The van der Waals surface area contributed by atoms with Crippen LogP contribution in [0.5, 0.6) is 5.75 Å². The molecule has 21 heavy (non-hydrogen) atoms. The molecule has 0 saturated heterocycles. The molecule has 6 nitrogen and oxygen atoms in total. The van der Waals surface area contributed by atoms with Crippen LogP contribution in [-0.4, -0.2) is 23.1 Å². The lowest BCUT2D eigenvalue weighted by molar-refractivity contribution is 0.262. The van der Waals surface area contributed by atoms with Gasteiger partial charge in [-0.1, -0.05) is 24.3 Å². The van der Waals surface area contributed by atoms with Crippen molar-refractivity contribution in [2.45, 2.75) is 0 Å². The maximum atomic E-state index is 12.0. The minimum Gasteiger partial charge on any atom is -0.495 e. The van der Waals surface area contributed by atoms with E-state index in [1.807, 2.05) is 36.4 Å². The van der Waals surface area contributed by atoms with E-state index in [9.17, 15) is 4.79 Å². The zero-order chi connectivity index (χ0) is 14.7. The number of ether oxygens (including phenoxy) is 1. The summed E-state index contributed by atoms with van der Waals surface area (Å²) in [6.07, 6.45) is 0. The summed E-state index contributed by atoms with van der Waals surface area (Å²) in [5.41, 5.74) is 2.25. The summed E-state index contributed by atoms with van der Waals surface area (Å²) in [5.74, 6) is 0.987. The Kier molecular flexibility index (Phi) is 3.42. The SMILES string of the molecule is COc1ccccc1NC(=O)Nc1nc2ccccc2[nH]1. The molecule has 0 bridgehead atoms. The first-order valence-electron chi connectivity index (χ1n) is 6.42. The van der Waals surface area contributed by atoms with Crippen LogP contribution in [0.3, 0.4) is 0 Å². The lowest BCUT2D eigenvalue weighted by Crippen LogP contribution is -2.20. The molecule has 1 heterocycles. The molecule has 0 aliphatic rings. The summed E-state index contributed by atoms with van der Waals surface area (Å²) in [6.45, 7) is 0. The number of nitrogens with one attached hydrogen (secondary N) is 3. The van der Waals surface area contributed by atoms with Gasteiger partial charge in [0.15, 0.2) is 0 Å². The van der Waals surface area contributed by atoms with Gasteiger partial charge >= 0.3 is 6.03 Å². The second-order valence-corrected chi connectivity index (χ2v) is 4.38. The lowest BCUT2D eigenvalue weighted by atomic mass is 10.3. The van der Waals surface area contributed by atoms with E-state index in [-0.39, 0.29) is 0 Å². The molecule has 0 fully saturated rings. The van der Waals surface area contributed by atoms with Crippen LogP contribution in [0.2, 0.25) is 0 Å². The minimum absolute atomic E-state index is 0.390. The summed E-state index contributed by atoms with van der Waals surface area (Å²) < 4.78 is 5.18. The Labute approximate surface area is 121 Å². The fourth-order valence-electron chi connectivity index (χ4n) is 2.02. The maximum Gasteiger partial charge on any atom is 0.326 e. The number of urea groups is 1. The summed E-state index contributed by atoms with van der Waals surface area (Å²) in [4.78, 5) is 19.3. The first-order chi connectivity index (χ1) is 10.3. The number of hydrogen-bond donors (Lipinski definition) is 3. The Bertz CT molecular complexity index is 749. The number of carbonyl (C=O) groups is 1. The zero-order valence-corrected chi connectivity index (χ0v) is 11.4. The van der Waals surface area contributed by atoms with Gasteiger partial charge in [0.1, 0.15) is 5.75 Å². The van der Waals surface area contributed by atoms with Crippen LogP contribution in [0.4, 0.5) is 16.4 Å². The third-order valence-corrected chi connectivity index (χ3v) is 2.98. The van der Waals surface area contributed by atoms with Gasteiger partial charge in [0, 0.05) is 0 Å². The molecule has 2 amide bonds. The standard InChI is InChI=1S/C15H14N4O2/c1-21-13-9-5-4-8-12(13)18-15(20)19-14-16-10-6-2-3-7-11(10)17-14/h2-9H,1H3,(H3,16,17,18,19,20).